The molecule has 22 heavy (non-hydrogen) atoms. The molecule has 0 amide bonds. The number of hydrogen-bond donors (Lipinski definition) is 0. The van der Waals surface area contributed by atoms with Crippen molar-refractivity contribution in [2.24, 2.45) is 0 Å². The molecule has 118 valence electrons. The van der Waals surface area contributed by atoms with E-state index in [9.17, 15) is 4.79 Å². The first kappa shape index (κ1) is 16.3. The fraction of sp³-hybridized carbons (Fsp3) is 0.421. The Hall–Kier alpha value is -2.03. The van der Waals surface area contributed by atoms with E-state index in [-0.39, 0.29) is 5.97 Å². The van der Waals surface area contributed by atoms with E-state index >= 15 is 0 Å². The second kappa shape index (κ2) is 7.30. The third kappa shape index (κ3) is 3.59. The minimum atomic E-state index is -0.283. The van der Waals surface area contributed by atoms with Gasteiger partial charge in [-0.2, -0.15) is 0 Å². The highest BCUT2D eigenvalue weighted by Gasteiger charge is 2.09. The van der Waals surface area contributed by atoms with Gasteiger partial charge < -0.3 is 9.30 Å². The number of carbonyl (C=O) groups is 1. The number of hydrogen-bond acceptors (Lipinski definition) is 2. The van der Waals surface area contributed by atoms with Crippen molar-refractivity contribution in [3.05, 3.63) is 42.1 Å². The third-order valence-corrected chi connectivity index (χ3v) is 3.98. The lowest BCUT2D eigenvalue weighted by Gasteiger charge is -2.14. The number of rotatable bonds is 6. The molecule has 0 spiro atoms. The Labute approximate surface area is 132 Å². The zero-order valence-electron chi connectivity index (χ0n) is 13.9. The lowest BCUT2D eigenvalue weighted by molar-refractivity contribution is -0.137. The summed E-state index contributed by atoms with van der Waals surface area (Å²) in [5, 5.41) is 1.21. The molecule has 0 aliphatic carbocycles. The van der Waals surface area contributed by atoms with Crippen LogP contribution in [-0.4, -0.2) is 17.1 Å². The lowest BCUT2D eigenvalue weighted by atomic mass is 10.1. The van der Waals surface area contributed by atoms with Gasteiger partial charge in [0.25, 0.3) is 0 Å². The van der Waals surface area contributed by atoms with Crippen molar-refractivity contribution in [3.63, 3.8) is 0 Å². The Balaban J connectivity index is 2.30. The monoisotopic (exact) mass is 299 g/mol. The largest absolute Gasteiger partial charge is 0.463 e. The molecule has 3 heteroatoms. The molecule has 0 aliphatic heterocycles. The van der Waals surface area contributed by atoms with Crippen molar-refractivity contribution in [1.29, 1.82) is 0 Å². The number of fused-ring (bicyclic) bond motifs is 1. The van der Waals surface area contributed by atoms with Crippen LogP contribution in [0.25, 0.3) is 16.5 Å². The van der Waals surface area contributed by atoms with E-state index in [2.05, 4.69) is 48.9 Å². The normalized spacial score (nSPS) is 13.4. The predicted molar refractivity (Wildman–Crippen MR) is 91.8 cm³/mol. The minimum Gasteiger partial charge on any atom is -0.463 e. The maximum atomic E-state index is 11.6. The molecular formula is C19H25NO2. The summed E-state index contributed by atoms with van der Waals surface area (Å²) in [6.07, 6.45) is 6.06. The van der Waals surface area contributed by atoms with Gasteiger partial charge in [0.2, 0.25) is 0 Å². The van der Waals surface area contributed by atoms with Crippen molar-refractivity contribution in [1.82, 2.24) is 4.57 Å². The Kier molecular flexibility index (Phi) is 5.42. The Bertz CT molecular complexity index is 682. The number of allylic oxidation sites excluding steroid dienone is 1. The summed E-state index contributed by atoms with van der Waals surface area (Å²) in [7, 11) is 0. The molecule has 0 aliphatic rings. The van der Waals surface area contributed by atoms with Crippen molar-refractivity contribution >= 4 is 22.4 Å². The molecule has 0 radical (unpaired) electrons. The number of carbonyl (C=O) groups excluding carboxylic acids is 1. The Morgan fingerprint density at radius 3 is 2.77 bits per heavy atom. The summed E-state index contributed by atoms with van der Waals surface area (Å²) < 4.78 is 7.29. The van der Waals surface area contributed by atoms with Gasteiger partial charge in [-0.3, -0.25) is 0 Å². The summed E-state index contributed by atoms with van der Waals surface area (Å²) in [6, 6.07) is 8.99. The zero-order chi connectivity index (χ0) is 16.1. The van der Waals surface area contributed by atoms with Crippen LogP contribution in [0.1, 0.15) is 52.1 Å². The molecule has 1 aromatic carbocycles. The highest BCUT2D eigenvalue weighted by atomic mass is 16.5. The fourth-order valence-corrected chi connectivity index (χ4v) is 2.79. The number of esters is 1. The van der Waals surface area contributed by atoms with Crippen LogP contribution in [0.15, 0.2) is 36.5 Å². The molecule has 0 fully saturated rings. The van der Waals surface area contributed by atoms with Gasteiger partial charge in [-0.15, -0.1) is 0 Å². The first-order valence-electron chi connectivity index (χ1n) is 8.02. The van der Waals surface area contributed by atoms with Gasteiger partial charge in [0.1, 0.15) is 0 Å². The molecule has 0 N–H and O–H groups in total. The Morgan fingerprint density at radius 1 is 1.32 bits per heavy atom. The van der Waals surface area contributed by atoms with Crippen LogP contribution in [0.2, 0.25) is 0 Å². The quantitative estimate of drug-likeness (QED) is 0.557. The van der Waals surface area contributed by atoms with E-state index in [0.717, 1.165) is 11.1 Å². The van der Waals surface area contributed by atoms with Crippen LogP contribution in [0, 0.1) is 0 Å². The van der Waals surface area contributed by atoms with Crippen LogP contribution in [-0.2, 0) is 9.53 Å². The summed E-state index contributed by atoms with van der Waals surface area (Å²) >= 11 is 0. The number of aromatic nitrogens is 1. The molecule has 0 saturated heterocycles. The van der Waals surface area contributed by atoms with E-state index in [1.54, 1.807) is 6.08 Å². The van der Waals surface area contributed by atoms with Gasteiger partial charge in [0.15, 0.2) is 0 Å². The minimum absolute atomic E-state index is 0.283. The maximum Gasteiger partial charge on any atom is 0.331 e. The second-order valence-corrected chi connectivity index (χ2v) is 5.71. The average molecular weight is 299 g/mol. The highest BCUT2D eigenvalue weighted by Crippen LogP contribution is 2.26. The zero-order valence-corrected chi connectivity index (χ0v) is 13.9. The van der Waals surface area contributed by atoms with Gasteiger partial charge in [-0.25, -0.2) is 4.79 Å². The molecule has 0 saturated carbocycles. The van der Waals surface area contributed by atoms with Crippen LogP contribution in [0.5, 0.6) is 0 Å². The summed E-state index contributed by atoms with van der Waals surface area (Å²) in [4.78, 5) is 11.6. The molecule has 1 heterocycles. The van der Waals surface area contributed by atoms with E-state index in [0.29, 0.717) is 12.6 Å². The van der Waals surface area contributed by atoms with Crippen LogP contribution in [0.3, 0.4) is 0 Å². The fourth-order valence-electron chi connectivity index (χ4n) is 2.79. The van der Waals surface area contributed by atoms with Crippen molar-refractivity contribution in [3.8, 4) is 0 Å². The van der Waals surface area contributed by atoms with Gasteiger partial charge >= 0.3 is 5.97 Å². The predicted octanol–water partition coefficient (Wildman–Crippen LogP) is 4.97. The molecule has 1 unspecified atom stereocenters. The van der Waals surface area contributed by atoms with Gasteiger partial charge in [0, 0.05) is 29.2 Å². The van der Waals surface area contributed by atoms with E-state index in [1.807, 2.05) is 13.8 Å². The molecular weight excluding hydrogens is 274 g/mol. The highest BCUT2D eigenvalue weighted by molar-refractivity contribution is 5.92. The first-order valence-corrected chi connectivity index (χ1v) is 8.02. The second-order valence-electron chi connectivity index (χ2n) is 5.71. The van der Waals surface area contributed by atoms with E-state index < -0.39 is 0 Å². The number of nitrogens with zero attached hydrogens (tertiary/aromatic N) is 1. The van der Waals surface area contributed by atoms with Crippen molar-refractivity contribution < 1.29 is 9.53 Å². The lowest BCUT2D eigenvalue weighted by Crippen LogP contribution is -2.02. The van der Waals surface area contributed by atoms with Gasteiger partial charge in [0.05, 0.1) is 6.61 Å². The maximum absolute atomic E-state index is 11.6. The molecule has 1 aromatic heterocycles. The SMILES string of the molecule is CCCC(C)n1ccc2cc(/C(C)=C/C(=O)OCC)ccc21. The van der Waals surface area contributed by atoms with Crippen LogP contribution >= 0.6 is 0 Å². The van der Waals surface area contributed by atoms with Crippen molar-refractivity contribution in [2.75, 3.05) is 6.61 Å². The van der Waals surface area contributed by atoms with Crippen LogP contribution < -0.4 is 0 Å². The van der Waals surface area contributed by atoms with E-state index in [1.165, 1.54) is 23.7 Å². The standard InChI is InChI=1S/C19H25NO2/c1-5-7-15(4)20-11-10-17-13-16(8-9-18(17)20)14(3)12-19(21)22-6-2/h8-13,15H,5-7H2,1-4H3/b14-12+. The number of benzene rings is 1. The molecule has 2 rings (SSSR count). The molecule has 1 atom stereocenters. The number of ether oxygens (including phenoxy) is 1. The summed E-state index contributed by atoms with van der Waals surface area (Å²) in [6.45, 7) is 8.62. The third-order valence-electron chi connectivity index (χ3n) is 3.98. The van der Waals surface area contributed by atoms with Crippen LogP contribution in [0.4, 0.5) is 0 Å². The molecule has 2 aromatic rings. The van der Waals surface area contributed by atoms with E-state index in [4.69, 9.17) is 4.74 Å². The first-order chi connectivity index (χ1) is 10.6. The average Bonchev–Trinajstić information content (AvgIpc) is 2.90. The summed E-state index contributed by atoms with van der Waals surface area (Å²) in [5.74, 6) is -0.283. The van der Waals surface area contributed by atoms with Gasteiger partial charge in [-0.05, 0) is 56.5 Å². The smallest absolute Gasteiger partial charge is 0.331 e. The van der Waals surface area contributed by atoms with Crippen molar-refractivity contribution in [2.45, 2.75) is 46.6 Å². The molecule has 3 nitrogen and oxygen atoms in total. The van der Waals surface area contributed by atoms with Gasteiger partial charge in [-0.1, -0.05) is 19.4 Å². The molecule has 0 bridgehead atoms. The topological polar surface area (TPSA) is 31.2 Å². The summed E-state index contributed by atoms with van der Waals surface area (Å²) in [5.41, 5.74) is 3.23. The Morgan fingerprint density at radius 2 is 2.09 bits per heavy atom.